The molecule has 1 aliphatic rings. The molecule has 1 saturated heterocycles. The van der Waals surface area contributed by atoms with Crippen LogP contribution in [0.1, 0.15) is 23.5 Å². The molecule has 154 valence electrons. The van der Waals surface area contributed by atoms with Gasteiger partial charge in [-0.05, 0) is 48.2 Å². The number of halogens is 3. The van der Waals surface area contributed by atoms with Crippen molar-refractivity contribution in [3.05, 3.63) is 65.9 Å². The molecule has 1 fully saturated rings. The van der Waals surface area contributed by atoms with Gasteiger partial charge in [-0.1, -0.05) is 30.3 Å². The van der Waals surface area contributed by atoms with Crippen LogP contribution in [0.2, 0.25) is 0 Å². The molecule has 0 radical (unpaired) electrons. The Morgan fingerprint density at radius 3 is 2.69 bits per heavy atom. The van der Waals surface area contributed by atoms with E-state index in [1.54, 1.807) is 6.07 Å². The van der Waals surface area contributed by atoms with Crippen LogP contribution in [0.15, 0.2) is 59.6 Å². The summed E-state index contributed by atoms with van der Waals surface area (Å²) in [4.78, 5) is 5.29. The second-order valence-corrected chi connectivity index (χ2v) is 9.52. The number of hydrogen-bond acceptors (Lipinski definition) is 3. The van der Waals surface area contributed by atoms with Crippen LogP contribution in [0.5, 0.6) is 0 Å². The zero-order chi connectivity index (χ0) is 20.6. The number of benzene rings is 2. The summed E-state index contributed by atoms with van der Waals surface area (Å²) in [5.74, 6) is -1.73. The van der Waals surface area contributed by atoms with Gasteiger partial charge in [0.1, 0.15) is 0 Å². The van der Waals surface area contributed by atoms with Gasteiger partial charge in [0.2, 0.25) is 0 Å². The third kappa shape index (κ3) is 4.48. The van der Waals surface area contributed by atoms with Crippen molar-refractivity contribution in [2.45, 2.75) is 30.0 Å². The Morgan fingerprint density at radius 1 is 1.10 bits per heavy atom. The molecule has 1 N–H and O–H groups in total. The highest BCUT2D eigenvalue weighted by molar-refractivity contribution is 7.91. The fourth-order valence-corrected chi connectivity index (χ4v) is 5.21. The number of likely N-dealkylation sites (tertiary alicyclic amines) is 1. The number of nitrogens with zero attached hydrogens (tertiary/aromatic N) is 1. The molecule has 2 heterocycles. The van der Waals surface area contributed by atoms with Gasteiger partial charge < -0.3 is 4.98 Å². The first kappa shape index (κ1) is 20.0. The van der Waals surface area contributed by atoms with Crippen LogP contribution in [-0.4, -0.2) is 43.3 Å². The lowest BCUT2D eigenvalue weighted by atomic mass is 9.99. The maximum Gasteiger partial charge on any atom is 0.403 e. The van der Waals surface area contributed by atoms with Crippen molar-refractivity contribution in [3.8, 4) is 0 Å². The summed E-state index contributed by atoms with van der Waals surface area (Å²) in [6.45, 7) is 2.36. The molecule has 1 atom stereocenters. The number of aromatic nitrogens is 1. The molecule has 0 bridgehead atoms. The van der Waals surface area contributed by atoms with Gasteiger partial charge in [0, 0.05) is 30.2 Å². The molecule has 0 spiro atoms. The molecule has 1 aromatic heterocycles. The first-order chi connectivity index (χ1) is 13.7. The second-order valence-electron chi connectivity index (χ2n) is 7.53. The van der Waals surface area contributed by atoms with Crippen molar-refractivity contribution in [2.24, 2.45) is 0 Å². The topological polar surface area (TPSA) is 53.2 Å². The molecule has 8 heteroatoms. The van der Waals surface area contributed by atoms with E-state index >= 15 is 0 Å². The Hall–Kier alpha value is -2.32. The molecule has 29 heavy (non-hydrogen) atoms. The Kier molecular flexibility index (Phi) is 5.16. The lowest BCUT2D eigenvalue weighted by molar-refractivity contribution is -0.106. The number of nitrogens with one attached hydrogen (secondary N) is 1. The molecule has 2 aromatic carbocycles. The van der Waals surface area contributed by atoms with Crippen LogP contribution in [0, 0.1) is 0 Å². The third-order valence-corrected chi connectivity index (χ3v) is 7.06. The highest BCUT2D eigenvalue weighted by Gasteiger charge is 2.36. The largest absolute Gasteiger partial charge is 0.403 e. The molecule has 0 amide bonds. The van der Waals surface area contributed by atoms with Crippen LogP contribution in [0.4, 0.5) is 13.2 Å². The van der Waals surface area contributed by atoms with E-state index in [2.05, 4.69) is 16.0 Å². The Bertz CT molecular complexity index is 1120. The van der Waals surface area contributed by atoms with Gasteiger partial charge in [0.05, 0.1) is 4.90 Å². The monoisotopic (exact) mass is 422 g/mol. The van der Waals surface area contributed by atoms with Gasteiger partial charge in [-0.15, -0.1) is 0 Å². The maximum atomic E-state index is 12.6. The Labute approximate surface area is 167 Å². The summed E-state index contributed by atoms with van der Waals surface area (Å²) in [6, 6.07) is 14.0. The highest BCUT2D eigenvalue weighted by Crippen LogP contribution is 2.31. The summed E-state index contributed by atoms with van der Waals surface area (Å²) >= 11 is 0. The first-order valence-corrected chi connectivity index (χ1v) is 11.0. The first-order valence-electron chi connectivity index (χ1n) is 9.38. The van der Waals surface area contributed by atoms with E-state index < -0.39 is 21.8 Å². The van der Waals surface area contributed by atoms with Gasteiger partial charge >= 0.3 is 6.18 Å². The molecule has 4 nitrogen and oxygen atoms in total. The van der Waals surface area contributed by atoms with Crippen LogP contribution in [0.3, 0.4) is 0 Å². The number of H-pyrrole nitrogens is 1. The standard InChI is InChI=1S/C21H21F3N2O2S/c22-21(23,24)14-29(27,28)18-5-3-4-15(10-18)16-8-9-26(12-16)13-17-11-25-20-7-2-1-6-19(17)20/h1-7,10-11,16,25H,8-9,12-14H2. The fraction of sp³-hybridized carbons (Fsp3) is 0.333. The zero-order valence-corrected chi connectivity index (χ0v) is 16.4. The van der Waals surface area contributed by atoms with Crippen LogP contribution in [-0.2, 0) is 16.4 Å². The average molecular weight is 422 g/mol. The predicted octanol–water partition coefficient (Wildman–Crippen LogP) is 4.49. The van der Waals surface area contributed by atoms with Crippen LogP contribution in [0.25, 0.3) is 10.9 Å². The van der Waals surface area contributed by atoms with Crippen LogP contribution < -0.4 is 0 Å². The molecule has 0 aliphatic carbocycles. The van der Waals surface area contributed by atoms with E-state index in [0.29, 0.717) is 0 Å². The number of aromatic amines is 1. The third-order valence-electron chi connectivity index (χ3n) is 5.38. The van der Waals surface area contributed by atoms with Crippen LogP contribution >= 0.6 is 0 Å². The summed E-state index contributed by atoms with van der Waals surface area (Å²) in [5.41, 5.74) is 3.05. The lowest BCUT2D eigenvalue weighted by Gasteiger charge is -2.16. The summed E-state index contributed by atoms with van der Waals surface area (Å²) in [5, 5.41) is 1.18. The minimum atomic E-state index is -4.75. The molecular weight excluding hydrogens is 401 g/mol. The number of para-hydroxylation sites is 1. The molecule has 4 rings (SSSR count). The molecule has 1 unspecified atom stereocenters. The number of sulfone groups is 1. The molecular formula is C21H21F3N2O2S. The van der Waals surface area contributed by atoms with Crippen molar-refractivity contribution < 1.29 is 21.6 Å². The SMILES string of the molecule is O=S(=O)(CC(F)(F)F)c1cccc(C2CCN(Cc3c[nH]c4ccccc34)C2)c1. The van der Waals surface area contributed by atoms with Crippen molar-refractivity contribution in [2.75, 3.05) is 18.8 Å². The summed E-state index contributed by atoms with van der Waals surface area (Å²) < 4.78 is 61.9. The van der Waals surface area contributed by atoms with Gasteiger partial charge in [0.15, 0.2) is 15.6 Å². The minimum Gasteiger partial charge on any atom is -0.361 e. The molecule has 3 aromatic rings. The quantitative estimate of drug-likeness (QED) is 0.659. The molecule has 0 saturated carbocycles. The maximum absolute atomic E-state index is 12.6. The van der Waals surface area contributed by atoms with E-state index in [0.717, 1.165) is 37.1 Å². The van der Waals surface area contributed by atoms with E-state index in [-0.39, 0.29) is 10.8 Å². The van der Waals surface area contributed by atoms with Crippen molar-refractivity contribution >= 4 is 20.7 Å². The van der Waals surface area contributed by atoms with Gasteiger partial charge in [0.25, 0.3) is 0 Å². The number of fused-ring (bicyclic) bond motifs is 1. The van der Waals surface area contributed by atoms with Gasteiger partial charge in [-0.25, -0.2) is 8.42 Å². The van der Waals surface area contributed by atoms with E-state index in [4.69, 9.17) is 0 Å². The van der Waals surface area contributed by atoms with Gasteiger partial charge in [-0.3, -0.25) is 4.90 Å². The lowest BCUT2D eigenvalue weighted by Crippen LogP contribution is -2.23. The highest BCUT2D eigenvalue weighted by atomic mass is 32.2. The second kappa shape index (κ2) is 7.50. The number of hydrogen-bond donors (Lipinski definition) is 1. The Balaban J connectivity index is 1.48. The summed E-state index contributed by atoms with van der Waals surface area (Å²) in [7, 11) is -4.39. The normalized spacial score (nSPS) is 18.5. The molecule has 1 aliphatic heterocycles. The van der Waals surface area contributed by atoms with Crippen molar-refractivity contribution in [1.82, 2.24) is 9.88 Å². The smallest absolute Gasteiger partial charge is 0.361 e. The van der Waals surface area contributed by atoms with Gasteiger partial charge in [-0.2, -0.15) is 13.2 Å². The van der Waals surface area contributed by atoms with E-state index in [9.17, 15) is 21.6 Å². The number of alkyl halides is 3. The van der Waals surface area contributed by atoms with E-state index in [1.165, 1.54) is 29.1 Å². The van der Waals surface area contributed by atoms with E-state index in [1.807, 2.05) is 24.4 Å². The Morgan fingerprint density at radius 2 is 1.90 bits per heavy atom. The minimum absolute atomic E-state index is 0.0984. The van der Waals surface area contributed by atoms with Crippen molar-refractivity contribution in [3.63, 3.8) is 0 Å². The summed E-state index contributed by atoms with van der Waals surface area (Å²) in [6.07, 6.45) is -1.91. The average Bonchev–Trinajstić information content (AvgIpc) is 3.28. The predicted molar refractivity (Wildman–Crippen MR) is 105 cm³/mol. The zero-order valence-electron chi connectivity index (χ0n) is 15.6. The number of rotatable bonds is 5. The fourth-order valence-electron chi connectivity index (χ4n) is 4.01. The van der Waals surface area contributed by atoms with Crippen molar-refractivity contribution in [1.29, 1.82) is 0 Å².